The van der Waals surface area contributed by atoms with Crippen molar-refractivity contribution in [2.24, 2.45) is 0 Å². The van der Waals surface area contributed by atoms with Crippen LogP contribution in [0.15, 0.2) is 51.7 Å². The number of hydrogen-bond acceptors (Lipinski definition) is 5. The number of aryl methyl sites for hydroxylation is 1. The zero-order chi connectivity index (χ0) is 12.4. The van der Waals surface area contributed by atoms with Gasteiger partial charge in [-0.15, -0.1) is 10.2 Å². The van der Waals surface area contributed by atoms with Crippen molar-refractivity contribution in [2.45, 2.75) is 16.2 Å². The summed E-state index contributed by atoms with van der Waals surface area (Å²) >= 11 is 1.63. The first kappa shape index (κ1) is 12.0. The predicted molar refractivity (Wildman–Crippen MR) is 80.3 cm³/mol. The lowest BCUT2D eigenvalue weighted by atomic mass is 10.1. The fourth-order valence-corrected chi connectivity index (χ4v) is 4.60. The van der Waals surface area contributed by atoms with Crippen LogP contribution < -0.4 is 0 Å². The molecule has 3 aromatic rings. The molecule has 0 saturated heterocycles. The zero-order valence-corrected chi connectivity index (χ0v) is 12.1. The Balaban J connectivity index is 1.78. The second-order valence-corrected chi connectivity index (χ2v) is 7.39. The topological polar surface area (TPSA) is 25.8 Å². The molecule has 2 nitrogen and oxygen atoms in total. The van der Waals surface area contributed by atoms with E-state index in [9.17, 15) is 0 Å². The van der Waals surface area contributed by atoms with E-state index < -0.39 is 0 Å². The van der Waals surface area contributed by atoms with Crippen LogP contribution in [-0.2, 0) is 0 Å². The molecule has 0 aliphatic heterocycles. The van der Waals surface area contributed by atoms with Crippen molar-refractivity contribution < 1.29 is 0 Å². The van der Waals surface area contributed by atoms with Gasteiger partial charge in [-0.05, 0) is 40.6 Å². The third-order valence-electron chi connectivity index (χ3n) is 2.44. The van der Waals surface area contributed by atoms with Gasteiger partial charge in [0.1, 0.15) is 5.01 Å². The summed E-state index contributed by atoms with van der Waals surface area (Å²) in [5.41, 5.74) is 0. The van der Waals surface area contributed by atoms with Gasteiger partial charge in [-0.3, -0.25) is 0 Å². The summed E-state index contributed by atoms with van der Waals surface area (Å²) in [6.45, 7) is 1.97. The highest BCUT2D eigenvalue weighted by molar-refractivity contribution is 8.77. The Morgan fingerprint density at radius 1 is 0.944 bits per heavy atom. The van der Waals surface area contributed by atoms with E-state index in [1.54, 1.807) is 32.9 Å². The first-order valence-electron chi connectivity index (χ1n) is 5.45. The minimum atomic E-state index is 1.01. The molecule has 0 atom stereocenters. The summed E-state index contributed by atoms with van der Waals surface area (Å²) < 4.78 is 1.01. The van der Waals surface area contributed by atoms with Gasteiger partial charge in [-0.2, -0.15) is 0 Å². The van der Waals surface area contributed by atoms with Gasteiger partial charge in [-0.1, -0.05) is 52.5 Å². The van der Waals surface area contributed by atoms with Gasteiger partial charge in [0, 0.05) is 4.90 Å². The molecule has 5 heteroatoms. The molecule has 0 aliphatic carbocycles. The van der Waals surface area contributed by atoms with Crippen LogP contribution in [0.25, 0.3) is 10.8 Å². The molecule has 1 aromatic heterocycles. The highest BCUT2D eigenvalue weighted by Crippen LogP contribution is 2.39. The Kier molecular flexibility index (Phi) is 3.54. The minimum Gasteiger partial charge on any atom is -0.143 e. The normalized spacial score (nSPS) is 10.9. The average molecular weight is 290 g/mol. The maximum Gasteiger partial charge on any atom is 0.185 e. The summed E-state index contributed by atoms with van der Waals surface area (Å²) in [6, 6.07) is 14.9. The molecule has 0 aliphatic rings. The van der Waals surface area contributed by atoms with Gasteiger partial charge in [0.25, 0.3) is 0 Å². The van der Waals surface area contributed by atoms with Gasteiger partial charge in [0.05, 0.1) is 0 Å². The quantitative estimate of drug-likeness (QED) is 0.647. The van der Waals surface area contributed by atoms with Crippen molar-refractivity contribution in [3.63, 3.8) is 0 Å². The van der Waals surface area contributed by atoms with E-state index in [1.165, 1.54) is 15.7 Å². The van der Waals surface area contributed by atoms with Gasteiger partial charge in [0.2, 0.25) is 0 Å². The molecule has 90 valence electrons. The summed E-state index contributed by atoms with van der Waals surface area (Å²) in [6.07, 6.45) is 0. The molecule has 0 saturated carbocycles. The fraction of sp³-hybridized carbons (Fsp3) is 0.0769. The number of aromatic nitrogens is 2. The molecular formula is C13H10N2S3. The van der Waals surface area contributed by atoms with Crippen LogP contribution in [0.5, 0.6) is 0 Å². The third-order valence-corrected chi connectivity index (χ3v) is 5.94. The average Bonchev–Trinajstić information content (AvgIpc) is 2.82. The Bertz CT molecular complexity index is 679. The van der Waals surface area contributed by atoms with Crippen LogP contribution in [0.1, 0.15) is 5.01 Å². The van der Waals surface area contributed by atoms with E-state index in [1.807, 2.05) is 6.92 Å². The van der Waals surface area contributed by atoms with Gasteiger partial charge in [0.15, 0.2) is 4.34 Å². The Morgan fingerprint density at radius 2 is 1.78 bits per heavy atom. The molecule has 0 amide bonds. The lowest BCUT2D eigenvalue weighted by molar-refractivity contribution is 0.986. The van der Waals surface area contributed by atoms with Crippen molar-refractivity contribution in [3.8, 4) is 0 Å². The number of rotatable bonds is 3. The molecule has 18 heavy (non-hydrogen) atoms. The maximum atomic E-state index is 4.10. The molecular weight excluding hydrogens is 280 g/mol. The number of nitrogens with zero attached hydrogens (tertiary/aromatic N) is 2. The summed E-state index contributed by atoms with van der Waals surface area (Å²) in [4.78, 5) is 1.24. The lowest BCUT2D eigenvalue weighted by Gasteiger charge is -2.01. The van der Waals surface area contributed by atoms with Crippen LogP contribution in [-0.4, -0.2) is 10.2 Å². The number of fused-ring (bicyclic) bond motifs is 1. The third kappa shape index (κ3) is 2.68. The van der Waals surface area contributed by atoms with Crippen LogP contribution in [0.3, 0.4) is 0 Å². The molecule has 1 heterocycles. The second-order valence-electron chi connectivity index (χ2n) is 3.76. The monoisotopic (exact) mass is 290 g/mol. The van der Waals surface area contributed by atoms with Crippen LogP contribution in [0.2, 0.25) is 0 Å². The smallest absolute Gasteiger partial charge is 0.143 e. The van der Waals surface area contributed by atoms with E-state index >= 15 is 0 Å². The standard InChI is InChI=1S/C13H10N2S3/c1-9-14-15-13(16-9)18-17-12-7-6-10-4-2-3-5-11(10)8-12/h2-8H,1H3. The molecule has 0 fully saturated rings. The lowest BCUT2D eigenvalue weighted by Crippen LogP contribution is -1.73. The van der Waals surface area contributed by atoms with Crippen molar-refractivity contribution in [2.75, 3.05) is 0 Å². The van der Waals surface area contributed by atoms with Crippen molar-refractivity contribution in [1.29, 1.82) is 0 Å². The summed E-state index contributed by atoms with van der Waals surface area (Å²) in [7, 11) is 3.39. The van der Waals surface area contributed by atoms with E-state index in [0.717, 1.165) is 9.35 Å². The van der Waals surface area contributed by atoms with E-state index in [4.69, 9.17) is 0 Å². The highest BCUT2D eigenvalue weighted by Gasteiger charge is 2.03. The molecule has 0 N–H and O–H groups in total. The zero-order valence-electron chi connectivity index (χ0n) is 9.66. The molecule has 2 aromatic carbocycles. The Morgan fingerprint density at radius 3 is 2.56 bits per heavy atom. The second kappa shape index (κ2) is 5.30. The summed E-state index contributed by atoms with van der Waals surface area (Å²) in [5, 5.41) is 11.7. The van der Waals surface area contributed by atoms with Gasteiger partial charge in [-0.25, -0.2) is 0 Å². The molecule has 0 unspecified atom stereocenters. The number of benzene rings is 2. The maximum absolute atomic E-state index is 4.10. The molecule has 0 spiro atoms. The Hall–Kier alpha value is -1.04. The van der Waals surface area contributed by atoms with Crippen molar-refractivity contribution >= 4 is 43.7 Å². The van der Waals surface area contributed by atoms with Crippen LogP contribution >= 0.6 is 32.9 Å². The van der Waals surface area contributed by atoms with E-state index in [-0.39, 0.29) is 0 Å². The molecule has 3 rings (SSSR count). The van der Waals surface area contributed by atoms with E-state index in [2.05, 4.69) is 52.7 Å². The highest BCUT2D eigenvalue weighted by atomic mass is 33.1. The molecule has 0 radical (unpaired) electrons. The van der Waals surface area contributed by atoms with Crippen LogP contribution in [0.4, 0.5) is 0 Å². The Labute approximate surface area is 117 Å². The fourth-order valence-electron chi connectivity index (χ4n) is 1.62. The number of hydrogen-bond donors (Lipinski definition) is 0. The predicted octanol–water partition coefficient (Wildman–Crippen LogP) is 4.80. The SMILES string of the molecule is Cc1nnc(SSc2ccc3ccccc3c2)s1. The molecule has 0 bridgehead atoms. The van der Waals surface area contributed by atoms with Crippen molar-refractivity contribution in [3.05, 3.63) is 47.5 Å². The first-order chi connectivity index (χ1) is 8.81. The minimum absolute atomic E-state index is 1.01. The first-order valence-corrected chi connectivity index (χ1v) is 8.41. The largest absolute Gasteiger partial charge is 0.185 e. The van der Waals surface area contributed by atoms with Gasteiger partial charge < -0.3 is 0 Å². The van der Waals surface area contributed by atoms with Gasteiger partial charge >= 0.3 is 0 Å². The van der Waals surface area contributed by atoms with Crippen LogP contribution in [0, 0.1) is 6.92 Å². The summed E-state index contributed by atoms with van der Waals surface area (Å²) in [5.74, 6) is 0. The van der Waals surface area contributed by atoms with E-state index in [0.29, 0.717) is 0 Å². The van der Waals surface area contributed by atoms with Crippen molar-refractivity contribution in [1.82, 2.24) is 10.2 Å².